The summed E-state index contributed by atoms with van der Waals surface area (Å²) in [6.45, 7) is 7.22. The molecule has 5 heteroatoms. The van der Waals surface area contributed by atoms with E-state index in [0.717, 1.165) is 6.42 Å². The topological polar surface area (TPSA) is 50.4 Å². The number of hydrazine groups is 1. The van der Waals surface area contributed by atoms with Crippen LogP contribution in [-0.2, 0) is 11.4 Å². The van der Waals surface area contributed by atoms with Crippen LogP contribution in [0, 0.1) is 0 Å². The Morgan fingerprint density at radius 2 is 1.86 bits per heavy atom. The van der Waals surface area contributed by atoms with Crippen molar-refractivity contribution in [3.8, 4) is 0 Å². The zero-order chi connectivity index (χ0) is 15.9. The van der Waals surface area contributed by atoms with Crippen LogP contribution in [0.4, 0.5) is 4.39 Å². The number of benzene rings is 1. The summed E-state index contributed by atoms with van der Waals surface area (Å²) in [5.74, 6) is 0.193. The Morgan fingerprint density at radius 1 is 1.24 bits per heavy atom. The highest BCUT2D eigenvalue weighted by Crippen LogP contribution is 2.12. The van der Waals surface area contributed by atoms with Crippen molar-refractivity contribution in [2.24, 2.45) is 0 Å². The van der Waals surface area contributed by atoms with Crippen LogP contribution < -0.4 is 10.9 Å². The lowest BCUT2D eigenvalue weighted by atomic mass is 10.1. The molecule has 0 aliphatic rings. The molecule has 1 amide bonds. The molecule has 0 aromatic heterocycles. The van der Waals surface area contributed by atoms with Crippen molar-refractivity contribution in [3.63, 3.8) is 0 Å². The van der Waals surface area contributed by atoms with Gasteiger partial charge in [-0.15, -0.1) is 0 Å². The van der Waals surface area contributed by atoms with Crippen LogP contribution in [0.15, 0.2) is 36.2 Å². The quantitative estimate of drug-likeness (QED) is 0.624. The lowest BCUT2D eigenvalue weighted by Gasteiger charge is -2.24. The van der Waals surface area contributed by atoms with Gasteiger partial charge in [-0.05, 0) is 51.0 Å². The summed E-state index contributed by atoms with van der Waals surface area (Å²) in [6.07, 6.45) is 2.62. The van der Waals surface area contributed by atoms with Gasteiger partial charge in [0.05, 0.1) is 0 Å². The molecule has 0 heterocycles. The zero-order valence-electron chi connectivity index (χ0n) is 13.0. The van der Waals surface area contributed by atoms with E-state index in [2.05, 4.69) is 10.9 Å². The highest BCUT2D eigenvalue weighted by molar-refractivity contribution is 5.93. The minimum absolute atomic E-state index is 0.306. The third-order valence-corrected chi connectivity index (χ3v) is 2.48. The van der Waals surface area contributed by atoms with Gasteiger partial charge in [0.25, 0.3) is 5.91 Å². The lowest BCUT2D eigenvalue weighted by Crippen LogP contribution is -2.39. The summed E-state index contributed by atoms with van der Waals surface area (Å²) in [6, 6.07) is 6.34. The van der Waals surface area contributed by atoms with Gasteiger partial charge in [-0.25, -0.2) is 4.39 Å². The molecule has 0 bridgehead atoms. The zero-order valence-corrected chi connectivity index (χ0v) is 13.0. The Kier molecular flexibility index (Phi) is 6.21. The maximum Gasteiger partial charge on any atom is 0.269 e. The minimum Gasteiger partial charge on any atom is -0.473 e. The second kappa shape index (κ2) is 7.67. The molecule has 116 valence electrons. The van der Waals surface area contributed by atoms with Crippen LogP contribution in [0.1, 0.15) is 50.0 Å². The highest BCUT2D eigenvalue weighted by Gasteiger charge is 2.14. The largest absolute Gasteiger partial charge is 0.473 e. The number of allylic oxidation sites excluding steroid dienone is 1. The third-order valence-electron chi connectivity index (χ3n) is 2.48. The molecule has 0 radical (unpaired) electrons. The fourth-order valence-corrected chi connectivity index (χ4v) is 1.57. The van der Waals surface area contributed by atoms with E-state index in [4.69, 9.17) is 4.74 Å². The number of halogens is 1. The Hall–Kier alpha value is -2.04. The first kappa shape index (κ1) is 17.0. The van der Waals surface area contributed by atoms with Gasteiger partial charge in [-0.1, -0.05) is 19.1 Å². The van der Waals surface area contributed by atoms with Gasteiger partial charge < -0.3 is 4.74 Å². The number of alkyl halides is 1. The number of amides is 1. The van der Waals surface area contributed by atoms with Gasteiger partial charge in [0.15, 0.2) is 0 Å². The molecule has 1 rings (SSSR count). The summed E-state index contributed by atoms with van der Waals surface area (Å²) < 4.78 is 18.1. The van der Waals surface area contributed by atoms with E-state index in [9.17, 15) is 9.18 Å². The van der Waals surface area contributed by atoms with Gasteiger partial charge in [0.2, 0.25) is 5.88 Å². The maximum atomic E-state index is 12.4. The maximum absolute atomic E-state index is 12.4. The van der Waals surface area contributed by atoms with Crippen molar-refractivity contribution < 1.29 is 13.9 Å². The average Bonchev–Trinajstić information content (AvgIpc) is 2.43. The van der Waals surface area contributed by atoms with E-state index in [1.165, 1.54) is 0 Å². The van der Waals surface area contributed by atoms with Gasteiger partial charge in [-0.2, -0.15) is 0 Å². The predicted molar refractivity (Wildman–Crippen MR) is 81.1 cm³/mol. The molecule has 0 saturated carbocycles. The SMILES string of the molecule is CC/C=C(\NNC(=O)c1ccc(CF)cc1)OC(C)(C)C. The molecule has 0 unspecified atom stereocenters. The first-order chi connectivity index (χ1) is 9.85. The lowest BCUT2D eigenvalue weighted by molar-refractivity contribution is 0.0350. The Labute approximate surface area is 125 Å². The van der Waals surface area contributed by atoms with E-state index in [1.54, 1.807) is 24.3 Å². The van der Waals surface area contributed by atoms with Gasteiger partial charge in [0.1, 0.15) is 12.3 Å². The Morgan fingerprint density at radius 3 is 2.33 bits per heavy atom. The fourth-order valence-electron chi connectivity index (χ4n) is 1.57. The van der Waals surface area contributed by atoms with Crippen molar-refractivity contribution in [2.45, 2.75) is 46.4 Å². The molecule has 4 nitrogen and oxygen atoms in total. The van der Waals surface area contributed by atoms with E-state index >= 15 is 0 Å². The Balaban J connectivity index is 2.62. The molecule has 0 fully saturated rings. The molecule has 0 atom stereocenters. The monoisotopic (exact) mass is 294 g/mol. The summed E-state index contributed by atoms with van der Waals surface area (Å²) in [4.78, 5) is 12.0. The van der Waals surface area contributed by atoms with Crippen molar-refractivity contribution >= 4 is 5.91 Å². The van der Waals surface area contributed by atoms with Crippen molar-refractivity contribution in [2.75, 3.05) is 0 Å². The van der Waals surface area contributed by atoms with Crippen LogP contribution >= 0.6 is 0 Å². The van der Waals surface area contributed by atoms with E-state index in [1.807, 2.05) is 33.8 Å². The fraction of sp³-hybridized carbons (Fsp3) is 0.438. The first-order valence-corrected chi connectivity index (χ1v) is 6.96. The second-order valence-corrected chi connectivity index (χ2v) is 5.60. The third kappa shape index (κ3) is 6.29. The molecular formula is C16H23FN2O2. The molecule has 0 spiro atoms. The van der Waals surface area contributed by atoms with E-state index < -0.39 is 6.67 Å². The van der Waals surface area contributed by atoms with Gasteiger partial charge in [0, 0.05) is 5.56 Å². The van der Waals surface area contributed by atoms with Crippen molar-refractivity contribution in [3.05, 3.63) is 47.4 Å². The van der Waals surface area contributed by atoms with E-state index in [-0.39, 0.29) is 11.5 Å². The number of rotatable bonds is 6. The number of carbonyl (C=O) groups is 1. The molecule has 0 aliphatic carbocycles. The summed E-state index contributed by atoms with van der Waals surface area (Å²) >= 11 is 0. The predicted octanol–water partition coefficient (Wildman–Crippen LogP) is 3.46. The highest BCUT2D eigenvalue weighted by atomic mass is 19.1. The van der Waals surface area contributed by atoms with E-state index in [0.29, 0.717) is 17.0 Å². The first-order valence-electron chi connectivity index (χ1n) is 6.96. The van der Waals surface area contributed by atoms with Crippen molar-refractivity contribution in [1.82, 2.24) is 10.9 Å². The normalized spacial score (nSPS) is 12.0. The number of ether oxygens (including phenoxy) is 1. The summed E-state index contributed by atoms with van der Waals surface area (Å²) in [7, 11) is 0. The standard InChI is InChI=1S/C16H23FN2O2/c1-5-6-14(21-16(2,3)4)18-19-15(20)13-9-7-12(11-17)8-10-13/h6-10,18H,5,11H2,1-4H3,(H,19,20)/b14-6+. The summed E-state index contributed by atoms with van der Waals surface area (Å²) in [5, 5.41) is 0. The number of hydrogen-bond acceptors (Lipinski definition) is 3. The molecule has 1 aromatic carbocycles. The number of hydrogen-bond donors (Lipinski definition) is 2. The molecule has 0 saturated heterocycles. The molecule has 2 N–H and O–H groups in total. The number of nitrogens with one attached hydrogen (secondary N) is 2. The molecular weight excluding hydrogens is 271 g/mol. The number of carbonyl (C=O) groups excluding carboxylic acids is 1. The van der Waals surface area contributed by atoms with Gasteiger partial charge >= 0.3 is 0 Å². The van der Waals surface area contributed by atoms with Crippen LogP contribution in [0.5, 0.6) is 0 Å². The second-order valence-electron chi connectivity index (χ2n) is 5.60. The molecule has 0 aliphatic heterocycles. The van der Waals surface area contributed by atoms with Crippen molar-refractivity contribution in [1.29, 1.82) is 0 Å². The average molecular weight is 294 g/mol. The van der Waals surface area contributed by atoms with Crippen LogP contribution in [0.25, 0.3) is 0 Å². The smallest absolute Gasteiger partial charge is 0.269 e. The molecule has 1 aromatic rings. The van der Waals surface area contributed by atoms with Gasteiger partial charge in [-0.3, -0.25) is 15.6 Å². The Bertz CT molecular complexity index is 490. The van der Waals surface area contributed by atoms with Crippen LogP contribution in [0.2, 0.25) is 0 Å². The minimum atomic E-state index is -0.539. The molecule has 21 heavy (non-hydrogen) atoms. The summed E-state index contributed by atoms with van der Waals surface area (Å²) in [5.41, 5.74) is 5.97. The van der Waals surface area contributed by atoms with Crippen LogP contribution in [-0.4, -0.2) is 11.5 Å². The van der Waals surface area contributed by atoms with Crippen LogP contribution in [0.3, 0.4) is 0 Å².